The van der Waals surface area contributed by atoms with Crippen molar-refractivity contribution in [2.75, 3.05) is 26.2 Å². The summed E-state index contributed by atoms with van der Waals surface area (Å²) in [6.45, 7) is 1.22. The molecule has 2 saturated heterocycles. The van der Waals surface area contributed by atoms with Gasteiger partial charge in [0.1, 0.15) is 0 Å². The largest absolute Gasteiger partial charge is 0.374 e. The number of nitrogens with zero attached hydrogens (tertiary/aromatic N) is 2. The minimum atomic E-state index is -2.66. The Kier molecular flexibility index (Phi) is 4.92. The third-order valence-electron chi connectivity index (χ3n) is 6.08. The Labute approximate surface area is 156 Å². The number of amides is 2. The molecule has 0 unspecified atom stereocenters. The van der Waals surface area contributed by atoms with Gasteiger partial charge in [-0.15, -0.1) is 0 Å². The van der Waals surface area contributed by atoms with Crippen molar-refractivity contribution in [2.45, 2.75) is 50.2 Å². The van der Waals surface area contributed by atoms with Gasteiger partial charge in [-0.25, -0.2) is 8.78 Å². The lowest BCUT2D eigenvalue weighted by atomic mass is 9.81. The molecular weight excluding hydrogens is 356 g/mol. The summed E-state index contributed by atoms with van der Waals surface area (Å²) < 4.78 is 32.6. The van der Waals surface area contributed by atoms with Gasteiger partial charge in [-0.3, -0.25) is 9.59 Å². The first kappa shape index (κ1) is 18.4. The van der Waals surface area contributed by atoms with Crippen LogP contribution in [0, 0.1) is 5.92 Å². The number of piperidine rings is 1. The SMILES string of the molecule is O=C([C@H]1CC[C@H]2OCCN(C(=O)c3cc[nH]c3)[C@@H]2C1)N1CCC(F)(F)CC1. The normalized spacial score (nSPS) is 30.7. The number of halogens is 2. The molecule has 2 aliphatic heterocycles. The fraction of sp³-hybridized carbons (Fsp3) is 0.684. The Morgan fingerprint density at radius 3 is 2.67 bits per heavy atom. The first-order chi connectivity index (χ1) is 12.9. The molecule has 1 saturated carbocycles. The molecule has 27 heavy (non-hydrogen) atoms. The molecule has 2 amide bonds. The molecule has 1 aromatic heterocycles. The van der Waals surface area contributed by atoms with Crippen molar-refractivity contribution in [3.8, 4) is 0 Å². The quantitative estimate of drug-likeness (QED) is 0.855. The molecule has 3 fully saturated rings. The van der Waals surface area contributed by atoms with Crippen LogP contribution in [-0.2, 0) is 9.53 Å². The number of hydrogen-bond acceptors (Lipinski definition) is 3. The van der Waals surface area contributed by atoms with Gasteiger partial charge >= 0.3 is 0 Å². The number of hydrogen-bond donors (Lipinski definition) is 1. The van der Waals surface area contributed by atoms with E-state index in [4.69, 9.17) is 4.74 Å². The third kappa shape index (κ3) is 3.72. The minimum Gasteiger partial charge on any atom is -0.374 e. The van der Waals surface area contributed by atoms with E-state index in [-0.39, 0.29) is 55.8 Å². The summed E-state index contributed by atoms with van der Waals surface area (Å²) in [5.74, 6) is -3.00. The van der Waals surface area contributed by atoms with E-state index in [1.807, 2.05) is 4.90 Å². The predicted molar refractivity (Wildman–Crippen MR) is 93.5 cm³/mol. The van der Waals surface area contributed by atoms with Crippen molar-refractivity contribution in [3.05, 3.63) is 24.0 Å². The summed E-state index contributed by atoms with van der Waals surface area (Å²) >= 11 is 0. The lowest BCUT2D eigenvalue weighted by Crippen LogP contribution is -2.57. The van der Waals surface area contributed by atoms with Gasteiger partial charge in [-0.2, -0.15) is 0 Å². The summed E-state index contributed by atoms with van der Waals surface area (Å²) in [7, 11) is 0. The Bertz CT molecular complexity index is 684. The van der Waals surface area contributed by atoms with Gasteiger partial charge in [0.2, 0.25) is 5.91 Å². The lowest BCUT2D eigenvalue weighted by molar-refractivity contribution is -0.147. The van der Waals surface area contributed by atoms with Gasteiger partial charge < -0.3 is 19.5 Å². The standard InChI is InChI=1S/C19H25F2N3O3/c20-19(21)4-7-23(8-5-19)17(25)13-1-2-16-15(11-13)24(9-10-27-16)18(26)14-3-6-22-12-14/h3,6,12-13,15-16,22H,1-2,4-5,7-11H2/t13-,15+,16+/m0/s1. The van der Waals surface area contributed by atoms with E-state index in [1.165, 1.54) is 0 Å². The number of alkyl halides is 2. The third-order valence-corrected chi connectivity index (χ3v) is 6.08. The van der Waals surface area contributed by atoms with E-state index in [0.29, 0.717) is 38.0 Å². The average molecular weight is 381 g/mol. The van der Waals surface area contributed by atoms with Crippen molar-refractivity contribution >= 4 is 11.8 Å². The Morgan fingerprint density at radius 1 is 1.19 bits per heavy atom. The number of morpholine rings is 1. The number of H-pyrrole nitrogens is 1. The molecule has 0 bridgehead atoms. The van der Waals surface area contributed by atoms with Crippen LogP contribution in [0.5, 0.6) is 0 Å². The molecule has 1 aromatic rings. The average Bonchev–Trinajstić information content (AvgIpc) is 3.21. The highest BCUT2D eigenvalue weighted by atomic mass is 19.3. The molecule has 3 heterocycles. The van der Waals surface area contributed by atoms with Crippen molar-refractivity contribution in [2.24, 2.45) is 5.92 Å². The highest BCUT2D eigenvalue weighted by Gasteiger charge is 2.44. The zero-order chi connectivity index (χ0) is 19.0. The number of rotatable bonds is 2. The monoisotopic (exact) mass is 381 g/mol. The van der Waals surface area contributed by atoms with Gasteiger partial charge in [0.05, 0.1) is 24.3 Å². The van der Waals surface area contributed by atoms with Crippen LogP contribution >= 0.6 is 0 Å². The molecule has 4 rings (SSSR count). The maximum absolute atomic E-state index is 13.4. The van der Waals surface area contributed by atoms with Crippen LogP contribution in [0.1, 0.15) is 42.5 Å². The molecule has 1 aliphatic carbocycles. The molecule has 1 N–H and O–H groups in total. The van der Waals surface area contributed by atoms with Crippen molar-refractivity contribution in [1.82, 2.24) is 14.8 Å². The maximum Gasteiger partial charge on any atom is 0.255 e. The van der Waals surface area contributed by atoms with Gasteiger partial charge in [0.15, 0.2) is 0 Å². The fourth-order valence-corrected chi connectivity index (χ4v) is 4.52. The number of nitrogens with one attached hydrogen (secondary N) is 1. The van der Waals surface area contributed by atoms with Crippen LogP contribution in [0.4, 0.5) is 8.78 Å². The van der Waals surface area contributed by atoms with Crippen LogP contribution in [0.25, 0.3) is 0 Å². The van der Waals surface area contributed by atoms with Crippen LogP contribution in [0.2, 0.25) is 0 Å². The highest BCUT2D eigenvalue weighted by molar-refractivity contribution is 5.94. The Balaban J connectivity index is 1.44. The van der Waals surface area contributed by atoms with Crippen molar-refractivity contribution in [1.29, 1.82) is 0 Å². The molecule has 0 aromatic carbocycles. The van der Waals surface area contributed by atoms with E-state index in [2.05, 4.69) is 4.98 Å². The van der Waals surface area contributed by atoms with Crippen LogP contribution in [0.3, 0.4) is 0 Å². The van der Waals surface area contributed by atoms with Gasteiger partial charge in [-0.1, -0.05) is 0 Å². The van der Waals surface area contributed by atoms with E-state index >= 15 is 0 Å². The van der Waals surface area contributed by atoms with Crippen LogP contribution in [-0.4, -0.2) is 70.9 Å². The second-order valence-corrected chi connectivity index (χ2v) is 7.77. The van der Waals surface area contributed by atoms with Crippen LogP contribution < -0.4 is 0 Å². The molecule has 3 atom stereocenters. The molecule has 148 valence electrons. The zero-order valence-corrected chi connectivity index (χ0v) is 15.2. The summed E-state index contributed by atoms with van der Waals surface area (Å²) in [5.41, 5.74) is 0.599. The fourth-order valence-electron chi connectivity index (χ4n) is 4.52. The van der Waals surface area contributed by atoms with Crippen LogP contribution in [0.15, 0.2) is 18.5 Å². The summed E-state index contributed by atoms with van der Waals surface area (Å²) in [6.07, 6.45) is 4.72. The Hall–Kier alpha value is -1.96. The van der Waals surface area contributed by atoms with Gasteiger partial charge in [-0.05, 0) is 25.3 Å². The number of aromatic amines is 1. The van der Waals surface area contributed by atoms with Crippen molar-refractivity contribution < 1.29 is 23.1 Å². The number of aromatic nitrogens is 1. The highest BCUT2D eigenvalue weighted by Crippen LogP contribution is 2.35. The summed E-state index contributed by atoms with van der Waals surface area (Å²) in [4.78, 5) is 32.0. The number of likely N-dealkylation sites (tertiary alicyclic amines) is 1. The Morgan fingerprint density at radius 2 is 1.96 bits per heavy atom. The molecule has 0 spiro atoms. The molecule has 0 radical (unpaired) electrons. The topological polar surface area (TPSA) is 65.6 Å². The number of fused-ring (bicyclic) bond motifs is 1. The van der Waals surface area contributed by atoms with Crippen molar-refractivity contribution in [3.63, 3.8) is 0 Å². The number of carbonyl (C=O) groups is 2. The first-order valence-corrected chi connectivity index (χ1v) is 9.66. The molecule has 3 aliphatic rings. The van der Waals surface area contributed by atoms with Gasteiger partial charge in [0.25, 0.3) is 11.8 Å². The maximum atomic E-state index is 13.4. The minimum absolute atomic E-state index is 0.0523. The lowest BCUT2D eigenvalue weighted by Gasteiger charge is -2.46. The van der Waals surface area contributed by atoms with E-state index in [9.17, 15) is 18.4 Å². The summed E-state index contributed by atoms with van der Waals surface area (Å²) in [5, 5.41) is 0. The van der Waals surface area contributed by atoms with E-state index in [1.54, 1.807) is 23.4 Å². The van der Waals surface area contributed by atoms with Gasteiger partial charge in [0, 0.05) is 50.8 Å². The smallest absolute Gasteiger partial charge is 0.255 e. The number of carbonyl (C=O) groups excluding carboxylic acids is 2. The predicted octanol–water partition coefficient (Wildman–Crippen LogP) is 2.28. The zero-order valence-electron chi connectivity index (χ0n) is 15.2. The molecular formula is C19H25F2N3O3. The molecule has 8 heteroatoms. The number of ether oxygens (including phenoxy) is 1. The summed E-state index contributed by atoms with van der Waals surface area (Å²) in [6, 6.07) is 1.60. The van der Waals surface area contributed by atoms with E-state index < -0.39 is 5.92 Å². The first-order valence-electron chi connectivity index (χ1n) is 9.66. The second-order valence-electron chi connectivity index (χ2n) is 7.77. The van der Waals surface area contributed by atoms with E-state index in [0.717, 1.165) is 0 Å². The molecule has 6 nitrogen and oxygen atoms in total. The second kappa shape index (κ2) is 7.22.